The average Bonchev–Trinajstić information content (AvgIpc) is 2.67. The van der Waals surface area contributed by atoms with E-state index in [9.17, 15) is 4.39 Å². The molecule has 0 heterocycles. The van der Waals surface area contributed by atoms with E-state index in [0.29, 0.717) is 12.5 Å². The molecule has 0 amide bonds. The molecule has 1 aliphatic rings. The average molecular weight is 307 g/mol. The second-order valence-electron chi connectivity index (χ2n) is 4.48. The van der Waals surface area contributed by atoms with Gasteiger partial charge in [-0.1, -0.05) is 19.7 Å². The maximum atomic E-state index is 13.1. The van der Waals surface area contributed by atoms with Crippen LogP contribution < -0.4 is 0 Å². The Morgan fingerprint density at radius 1 is 1.05 bits per heavy atom. The molecular weight excluding hydrogens is 276 g/mol. The first kappa shape index (κ1) is 27.9. The third kappa shape index (κ3) is 16.5. The number of hydrogen-bond acceptors (Lipinski definition) is 0. The van der Waals surface area contributed by atoms with E-state index in [4.69, 9.17) is 0 Å². The van der Waals surface area contributed by atoms with Gasteiger partial charge >= 0.3 is 21.7 Å². The van der Waals surface area contributed by atoms with Crippen molar-refractivity contribution in [3.05, 3.63) is 23.4 Å². The molecule has 1 aliphatic carbocycles. The van der Waals surface area contributed by atoms with Crippen LogP contribution in [-0.2, 0) is 21.7 Å². The molecule has 112 valence electrons. The summed E-state index contributed by atoms with van der Waals surface area (Å²) in [5, 5.41) is 11.0. The summed E-state index contributed by atoms with van der Waals surface area (Å²) < 4.78 is 13.1. The Hall–Kier alpha value is 0.589. The van der Waals surface area contributed by atoms with Gasteiger partial charge in [0, 0.05) is 0 Å². The SMILES string of the molecule is C[N-]C.C[N-]C.C[N-]CB(C)C1CCCC1F.[CH3-].[Ti+4]. The predicted octanol–water partition coefficient (Wildman–Crippen LogP) is 4.23. The van der Waals surface area contributed by atoms with Gasteiger partial charge in [-0.15, -0.1) is 0 Å². The Balaban J connectivity index is -0.000000122. The van der Waals surface area contributed by atoms with Gasteiger partial charge in [-0.3, -0.25) is 0 Å². The minimum absolute atomic E-state index is 0. The number of alkyl halides is 1. The Morgan fingerprint density at radius 3 is 1.74 bits per heavy atom. The van der Waals surface area contributed by atoms with Gasteiger partial charge in [0.25, 0.3) is 0 Å². The number of hydrogen-bond donors (Lipinski definition) is 0. The van der Waals surface area contributed by atoms with E-state index in [-0.39, 0.29) is 29.1 Å². The molecule has 0 N–H and O–H groups in total. The van der Waals surface area contributed by atoms with E-state index in [0.717, 1.165) is 25.7 Å². The van der Waals surface area contributed by atoms with Crippen molar-refractivity contribution in [1.29, 1.82) is 0 Å². The van der Waals surface area contributed by atoms with Crippen LogP contribution in [0.1, 0.15) is 19.3 Å². The normalized spacial score (nSPS) is 19.7. The van der Waals surface area contributed by atoms with Crippen LogP contribution in [-0.4, -0.2) is 54.6 Å². The number of rotatable bonds is 3. The quantitative estimate of drug-likeness (QED) is 0.553. The number of halogens is 1. The fraction of sp³-hybridized carbons (Fsp3) is 0.923. The standard InChI is InChI=1S/C8H16BFN.2C2H6N.CH3.Ti/c1-9(6-11-2)7-4-3-5-8(7)10;2*1-3-2;;/h7-8H,3-6H2,1-2H3;2*1-2H3;1H3;/q4*-1;+4. The first-order valence-electron chi connectivity index (χ1n) is 6.24. The fourth-order valence-corrected chi connectivity index (χ4v) is 2.01. The zero-order valence-electron chi connectivity index (χ0n) is 13.8. The minimum atomic E-state index is -0.549. The second kappa shape index (κ2) is 20.9. The van der Waals surface area contributed by atoms with Gasteiger partial charge in [0.05, 0.1) is 6.17 Å². The molecule has 0 aliphatic heterocycles. The molecule has 2 unspecified atom stereocenters. The summed E-state index contributed by atoms with van der Waals surface area (Å²) in [7, 11) is 8.80. The fourth-order valence-electron chi connectivity index (χ4n) is 2.01. The summed E-state index contributed by atoms with van der Waals surface area (Å²) in [5.41, 5.74) is 0. The van der Waals surface area contributed by atoms with Crippen LogP contribution in [0.5, 0.6) is 0 Å². The second-order valence-corrected chi connectivity index (χ2v) is 4.48. The first-order chi connectivity index (χ1) is 8.08. The molecule has 3 nitrogen and oxygen atoms in total. The van der Waals surface area contributed by atoms with Crippen LogP contribution >= 0.6 is 0 Å². The van der Waals surface area contributed by atoms with Gasteiger partial charge in [-0.05, 0) is 12.2 Å². The molecular formula is C13H31BFN3Ti. The van der Waals surface area contributed by atoms with Gasteiger partial charge < -0.3 is 23.4 Å². The van der Waals surface area contributed by atoms with E-state index in [1.54, 1.807) is 35.2 Å². The Labute approximate surface area is 136 Å². The van der Waals surface area contributed by atoms with Gasteiger partial charge in [0.2, 0.25) is 0 Å². The van der Waals surface area contributed by atoms with Gasteiger partial charge in [-0.25, -0.2) is 4.39 Å². The summed E-state index contributed by atoms with van der Waals surface area (Å²) in [6, 6.07) is 0. The van der Waals surface area contributed by atoms with Crippen molar-refractivity contribution in [3.8, 4) is 0 Å². The Morgan fingerprint density at radius 2 is 1.47 bits per heavy atom. The molecule has 1 rings (SSSR count). The van der Waals surface area contributed by atoms with Crippen molar-refractivity contribution in [2.24, 2.45) is 0 Å². The topological polar surface area (TPSA) is 42.3 Å². The molecule has 1 fully saturated rings. The molecule has 0 spiro atoms. The van der Waals surface area contributed by atoms with Crippen LogP contribution in [0.2, 0.25) is 12.6 Å². The van der Waals surface area contributed by atoms with Gasteiger partial charge in [0.1, 0.15) is 6.71 Å². The van der Waals surface area contributed by atoms with Crippen molar-refractivity contribution in [2.45, 2.75) is 38.1 Å². The predicted molar refractivity (Wildman–Crippen MR) is 85.1 cm³/mol. The largest absolute Gasteiger partial charge is 4.00 e. The van der Waals surface area contributed by atoms with E-state index >= 15 is 0 Å². The van der Waals surface area contributed by atoms with Crippen molar-refractivity contribution < 1.29 is 26.1 Å². The summed E-state index contributed by atoms with van der Waals surface area (Å²) in [6.45, 7) is 2.55. The molecule has 1 saturated carbocycles. The molecule has 0 saturated heterocycles. The molecule has 19 heavy (non-hydrogen) atoms. The Kier molecular flexibility index (Phi) is 30.6. The van der Waals surface area contributed by atoms with Crippen molar-refractivity contribution in [1.82, 2.24) is 0 Å². The minimum Gasteiger partial charge on any atom is -0.671 e. The maximum Gasteiger partial charge on any atom is 4.00 e. The van der Waals surface area contributed by atoms with Crippen molar-refractivity contribution in [2.75, 3.05) is 41.7 Å². The zero-order valence-corrected chi connectivity index (χ0v) is 15.3. The van der Waals surface area contributed by atoms with Gasteiger partial charge in [-0.2, -0.15) is 41.7 Å². The molecule has 0 aromatic heterocycles. The summed E-state index contributed by atoms with van der Waals surface area (Å²) >= 11 is 0. The summed E-state index contributed by atoms with van der Waals surface area (Å²) in [4.78, 5) is 0. The molecule has 0 aromatic rings. The zero-order chi connectivity index (χ0) is 13.7. The van der Waals surface area contributed by atoms with Crippen LogP contribution in [0.3, 0.4) is 0 Å². The van der Waals surface area contributed by atoms with Crippen LogP contribution in [0.4, 0.5) is 4.39 Å². The maximum absolute atomic E-state index is 13.1. The molecule has 2 atom stereocenters. The first-order valence-corrected chi connectivity index (χ1v) is 6.24. The van der Waals surface area contributed by atoms with Crippen LogP contribution in [0.25, 0.3) is 16.0 Å². The molecule has 6 heteroatoms. The molecule has 0 radical (unpaired) electrons. The third-order valence-electron chi connectivity index (χ3n) is 2.68. The monoisotopic (exact) mass is 307 g/mol. The van der Waals surface area contributed by atoms with E-state index in [2.05, 4.69) is 22.8 Å². The van der Waals surface area contributed by atoms with E-state index in [1.807, 2.05) is 0 Å². The smallest absolute Gasteiger partial charge is 0.671 e. The van der Waals surface area contributed by atoms with Crippen molar-refractivity contribution >= 4 is 6.71 Å². The van der Waals surface area contributed by atoms with E-state index < -0.39 is 6.17 Å². The number of nitrogens with zero attached hydrogens (tertiary/aromatic N) is 3. The Bertz CT molecular complexity index is 154. The van der Waals surface area contributed by atoms with E-state index in [1.165, 1.54) is 0 Å². The van der Waals surface area contributed by atoms with Crippen LogP contribution in [0.15, 0.2) is 0 Å². The van der Waals surface area contributed by atoms with Gasteiger partial charge in [0.15, 0.2) is 0 Å². The van der Waals surface area contributed by atoms with Crippen LogP contribution in [0, 0.1) is 7.43 Å². The van der Waals surface area contributed by atoms with Crippen molar-refractivity contribution in [3.63, 3.8) is 0 Å². The summed E-state index contributed by atoms with van der Waals surface area (Å²) in [6.07, 6.45) is 3.19. The molecule has 0 aromatic carbocycles. The summed E-state index contributed by atoms with van der Waals surface area (Å²) in [5.74, 6) is 0.290. The third-order valence-corrected chi connectivity index (χ3v) is 2.68. The molecule has 0 bridgehead atoms.